The van der Waals surface area contributed by atoms with E-state index in [1.165, 1.54) is 54.6 Å². The molecule has 0 spiro atoms. The maximum Gasteiger partial charge on any atom is 0.435 e. The number of para-hydroxylation sites is 1. The molecule has 3 aromatic carbocycles. The number of carbonyl (C=O) groups excluding carboxylic acids is 1. The quantitative estimate of drug-likeness (QED) is 0.284. The highest BCUT2D eigenvalue weighted by Gasteiger charge is 2.35. The standard InChI is InChI=1S/C24H15ClF5N3O2/c25-18-3-1-2-4-19(18)33-20(13-21(32-33)24(28,29)30)14-5-7-15(8-6-14)22(34)31-16-9-11-17(12-10-16)35-23(26)27/h1-13,23H,(H,31,34). The number of alkyl halides is 5. The topological polar surface area (TPSA) is 56.1 Å². The van der Waals surface area contributed by atoms with Gasteiger partial charge in [-0.3, -0.25) is 4.79 Å². The fraction of sp³-hybridized carbons (Fsp3) is 0.0833. The second kappa shape index (κ2) is 9.75. The van der Waals surface area contributed by atoms with Gasteiger partial charge in [-0.2, -0.15) is 27.1 Å². The van der Waals surface area contributed by atoms with Crippen molar-refractivity contribution in [3.05, 3.63) is 95.1 Å². The third-order valence-electron chi connectivity index (χ3n) is 4.86. The Kier molecular flexibility index (Phi) is 6.74. The van der Waals surface area contributed by atoms with Crippen LogP contribution in [0.2, 0.25) is 5.02 Å². The normalized spacial score (nSPS) is 11.5. The third-order valence-corrected chi connectivity index (χ3v) is 5.18. The Hall–Kier alpha value is -3.92. The Labute approximate surface area is 200 Å². The number of anilines is 1. The van der Waals surface area contributed by atoms with Gasteiger partial charge in [-0.25, -0.2) is 4.68 Å². The molecule has 0 atom stereocenters. The first-order chi connectivity index (χ1) is 16.6. The van der Waals surface area contributed by atoms with Crippen LogP contribution < -0.4 is 10.1 Å². The van der Waals surface area contributed by atoms with Gasteiger partial charge in [-0.1, -0.05) is 35.9 Å². The Balaban J connectivity index is 1.59. The van der Waals surface area contributed by atoms with E-state index < -0.39 is 24.4 Å². The third kappa shape index (κ3) is 5.60. The number of amides is 1. The van der Waals surface area contributed by atoms with Crippen LogP contribution in [0.4, 0.5) is 27.6 Å². The maximum atomic E-state index is 13.4. The number of ether oxygens (including phenoxy) is 1. The van der Waals surface area contributed by atoms with Crippen molar-refractivity contribution in [1.82, 2.24) is 9.78 Å². The lowest BCUT2D eigenvalue weighted by atomic mass is 10.1. The fourth-order valence-electron chi connectivity index (χ4n) is 3.25. The van der Waals surface area contributed by atoms with Crippen molar-refractivity contribution < 1.29 is 31.5 Å². The van der Waals surface area contributed by atoms with Crippen molar-refractivity contribution in [2.24, 2.45) is 0 Å². The molecule has 1 N–H and O–H groups in total. The molecule has 1 heterocycles. The zero-order chi connectivity index (χ0) is 25.2. The minimum atomic E-state index is -4.67. The molecule has 0 aliphatic rings. The Morgan fingerprint density at radius 1 is 0.971 bits per heavy atom. The molecule has 0 bridgehead atoms. The molecule has 11 heteroatoms. The molecule has 5 nitrogen and oxygen atoms in total. The van der Waals surface area contributed by atoms with Crippen LogP contribution in [-0.2, 0) is 6.18 Å². The van der Waals surface area contributed by atoms with Crippen LogP contribution in [0.5, 0.6) is 5.75 Å². The number of nitrogens with zero attached hydrogens (tertiary/aromatic N) is 2. The maximum absolute atomic E-state index is 13.4. The molecule has 0 saturated heterocycles. The van der Waals surface area contributed by atoms with E-state index in [2.05, 4.69) is 15.2 Å². The van der Waals surface area contributed by atoms with E-state index in [9.17, 15) is 26.7 Å². The molecule has 0 aliphatic heterocycles. The Morgan fingerprint density at radius 2 is 1.63 bits per heavy atom. The Bertz CT molecular complexity index is 1340. The summed E-state index contributed by atoms with van der Waals surface area (Å²) >= 11 is 6.18. The van der Waals surface area contributed by atoms with Crippen LogP contribution in [0.25, 0.3) is 16.9 Å². The van der Waals surface area contributed by atoms with Crippen molar-refractivity contribution in [2.75, 3.05) is 5.32 Å². The van der Waals surface area contributed by atoms with Gasteiger partial charge < -0.3 is 10.1 Å². The van der Waals surface area contributed by atoms with Crippen molar-refractivity contribution >= 4 is 23.2 Å². The zero-order valence-corrected chi connectivity index (χ0v) is 18.3. The van der Waals surface area contributed by atoms with Gasteiger partial charge in [-0.05, 0) is 54.6 Å². The molecule has 0 fully saturated rings. The number of halogens is 6. The van der Waals surface area contributed by atoms with Crippen molar-refractivity contribution in [1.29, 1.82) is 0 Å². The van der Waals surface area contributed by atoms with Crippen LogP contribution >= 0.6 is 11.6 Å². The minimum absolute atomic E-state index is 0.0595. The van der Waals surface area contributed by atoms with Gasteiger partial charge in [0.2, 0.25) is 0 Å². The number of carbonyl (C=O) groups is 1. The molecule has 0 saturated carbocycles. The summed E-state index contributed by atoms with van der Waals surface area (Å²) in [5.74, 6) is -0.564. The fourth-order valence-corrected chi connectivity index (χ4v) is 3.46. The lowest BCUT2D eigenvalue weighted by molar-refractivity contribution is -0.141. The second-order valence-electron chi connectivity index (χ2n) is 7.21. The molecule has 0 aliphatic carbocycles. The lowest BCUT2D eigenvalue weighted by Gasteiger charge is -2.10. The van der Waals surface area contributed by atoms with Gasteiger partial charge in [0.25, 0.3) is 5.91 Å². The first kappa shape index (κ1) is 24.2. The van der Waals surface area contributed by atoms with Gasteiger partial charge >= 0.3 is 12.8 Å². The van der Waals surface area contributed by atoms with Crippen molar-refractivity contribution in [3.63, 3.8) is 0 Å². The summed E-state index contributed by atoms with van der Waals surface area (Å²) in [6.07, 6.45) is -4.67. The molecular formula is C24H15ClF5N3O2. The van der Waals surface area contributed by atoms with Crippen LogP contribution in [-0.4, -0.2) is 22.3 Å². The van der Waals surface area contributed by atoms with E-state index in [1.54, 1.807) is 18.2 Å². The average Bonchev–Trinajstić information content (AvgIpc) is 3.26. The van der Waals surface area contributed by atoms with Gasteiger partial charge in [0.15, 0.2) is 5.69 Å². The predicted molar refractivity (Wildman–Crippen MR) is 120 cm³/mol. The van der Waals surface area contributed by atoms with E-state index in [4.69, 9.17) is 11.6 Å². The summed E-state index contributed by atoms with van der Waals surface area (Å²) in [6.45, 7) is -2.96. The molecule has 1 amide bonds. The summed E-state index contributed by atoms with van der Waals surface area (Å²) in [5, 5.41) is 6.51. The molecule has 0 radical (unpaired) electrons. The summed E-state index contributed by atoms with van der Waals surface area (Å²) in [4.78, 5) is 12.5. The summed E-state index contributed by atoms with van der Waals surface area (Å²) < 4.78 is 70.0. The largest absolute Gasteiger partial charge is 0.435 e. The molecule has 1 aromatic heterocycles. The molecular weight excluding hydrogens is 493 g/mol. The first-order valence-corrected chi connectivity index (χ1v) is 10.4. The van der Waals surface area contributed by atoms with Crippen molar-refractivity contribution in [3.8, 4) is 22.7 Å². The number of aromatic nitrogens is 2. The lowest BCUT2D eigenvalue weighted by Crippen LogP contribution is -2.11. The van der Waals surface area contributed by atoms with E-state index >= 15 is 0 Å². The SMILES string of the molecule is O=C(Nc1ccc(OC(F)F)cc1)c1ccc(-c2cc(C(F)(F)F)nn2-c2ccccc2Cl)cc1. The van der Waals surface area contributed by atoms with E-state index in [1.807, 2.05) is 0 Å². The smallest absolute Gasteiger partial charge is 0.435 e. The number of hydrogen-bond acceptors (Lipinski definition) is 3. The zero-order valence-electron chi connectivity index (χ0n) is 17.6. The average molecular weight is 508 g/mol. The van der Waals surface area contributed by atoms with E-state index in [0.29, 0.717) is 11.3 Å². The second-order valence-corrected chi connectivity index (χ2v) is 7.62. The van der Waals surface area contributed by atoms with Crippen LogP contribution in [0.3, 0.4) is 0 Å². The molecule has 4 aromatic rings. The van der Waals surface area contributed by atoms with Crippen LogP contribution in [0.15, 0.2) is 78.9 Å². The number of rotatable bonds is 6. The predicted octanol–water partition coefficient (Wildman–Crippen LogP) is 7.07. The molecule has 35 heavy (non-hydrogen) atoms. The molecule has 4 rings (SSSR count). The van der Waals surface area contributed by atoms with E-state index in [-0.39, 0.29) is 27.7 Å². The van der Waals surface area contributed by atoms with Gasteiger partial charge in [0.05, 0.1) is 16.4 Å². The van der Waals surface area contributed by atoms with E-state index in [0.717, 1.165) is 10.7 Å². The number of nitrogens with one attached hydrogen (secondary N) is 1. The summed E-state index contributed by atoms with van der Waals surface area (Å²) in [7, 11) is 0. The highest BCUT2D eigenvalue weighted by atomic mass is 35.5. The Morgan fingerprint density at radius 3 is 2.23 bits per heavy atom. The number of benzene rings is 3. The van der Waals surface area contributed by atoms with Gasteiger partial charge in [0.1, 0.15) is 5.75 Å². The highest BCUT2D eigenvalue weighted by molar-refractivity contribution is 6.32. The number of hydrogen-bond donors (Lipinski definition) is 1. The minimum Gasteiger partial charge on any atom is -0.435 e. The van der Waals surface area contributed by atoms with Gasteiger partial charge in [-0.15, -0.1) is 0 Å². The summed E-state index contributed by atoms with van der Waals surface area (Å²) in [6, 6.07) is 18.4. The van der Waals surface area contributed by atoms with Crippen LogP contribution in [0.1, 0.15) is 16.1 Å². The molecule has 0 unspecified atom stereocenters. The van der Waals surface area contributed by atoms with Crippen molar-refractivity contribution in [2.45, 2.75) is 12.8 Å². The monoisotopic (exact) mass is 507 g/mol. The van der Waals surface area contributed by atoms with Gasteiger partial charge in [0, 0.05) is 16.8 Å². The summed E-state index contributed by atoms with van der Waals surface area (Å²) in [5.41, 5.74) is 0.244. The molecule has 180 valence electrons. The first-order valence-electron chi connectivity index (χ1n) is 10.0. The van der Waals surface area contributed by atoms with Crippen LogP contribution in [0, 0.1) is 0 Å². The highest BCUT2D eigenvalue weighted by Crippen LogP contribution is 2.34.